The van der Waals surface area contributed by atoms with Gasteiger partial charge in [-0.15, -0.1) is 0 Å². The first-order valence-electron chi connectivity index (χ1n) is 6.49. The predicted octanol–water partition coefficient (Wildman–Crippen LogP) is 2.00. The van der Waals surface area contributed by atoms with Crippen molar-refractivity contribution in [3.8, 4) is 11.5 Å². The predicted molar refractivity (Wildman–Crippen MR) is 77.5 cm³/mol. The van der Waals surface area contributed by atoms with Crippen molar-refractivity contribution in [3.05, 3.63) is 45.9 Å². The molecule has 1 aromatic carbocycles. The molecule has 2 rings (SSSR count). The normalized spacial score (nSPS) is 10.3. The van der Waals surface area contributed by atoms with Crippen molar-refractivity contribution in [1.82, 2.24) is 9.55 Å². The van der Waals surface area contributed by atoms with Crippen molar-refractivity contribution in [2.45, 2.75) is 13.5 Å². The highest BCUT2D eigenvalue weighted by Crippen LogP contribution is 2.27. The van der Waals surface area contributed by atoms with Crippen molar-refractivity contribution in [3.63, 3.8) is 0 Å². The molecule has 0 N–H and O–H groups in total. The number of hydrogen-bond acceptors (Lipinski definition) is 6. The van der Waals surface area contributed by atoms with Crippen LogP contribution in [0.3, 0.4) is 0 Å². The smallest absolute Gasteiger partial charge is 0.342 e. The van der Waals surface area contributed by atoms with Gasteiger partial charge in [-0.3, -0.25) is 4.79 Å². The van der Waals surface area contributed by atoms with Crippen molar-refractivity contribution in [1.29, 1.82) is 0 Å². The van der Waals surface area contributed by atoms with Crippen LogP contribution in [0.5, 0.6) is 11.5 Å². The van der Waals surface area contributed by atoms with E-state index >= 15 is 0 Å². The maximum atomic E-state index is 10.9. The fraction of sp³-hybridized carbons (Fsp3) is 0.286. The number of aromatic nitrogens is 2. The first-order valence-corrected chi connectivity index (χ1v) is 6.49. The largest absolute Gasteiger partial charge is 0.493 e. The minimum atomic E-state index is -0.487. The average Bonchev–Trinajstić information content (AvgIpc) is 2.89. The van der Waals surface area contributed by atoms with Crippen LogP contribution >= 0.6 is 0 Å². The summed E-state index contributed by atoms with van der Waals surface area (Å²) in [5, 5.41) is 10.9. The Kier molecular flexibility index (Phi) is 4.72. The van der Waals surface area contributed by atoms with Crippen molar-refractivity contribution < 1.29 is 19.2 Å². The van der Waals surface area contributed by atoms with Crippen LogP contribution in [-0.4, -0.2) is 34.5 Å². The molecule has 0 fully saturated rings. The van der Waals surface area contributed by atoms with Crippen LogP contribution in [0.4, 0.5) is 5.82 Å². The Bertz CT molecular complexity index is 696. The molecule has 0 amide bonds. The molecule has 0 saturated heterocycles. The molecule has 0 radical (unpaired) electrons. The zero-order valence-electron chi connectivity index (χ0n) is 12.2. The molecule has 22 heavy (non-hydrogen) atoms. The van der Waals surface area contributed by atoms with Gasteiger partial charge in [0, 0.05) is 12.5 Å². The Morgan fingerprint density at radius 1 is 1.41 bits per heavy atom. The molecule has 0 bridgehead atoms. The fourth-order valence-electron chi connectivity index (χ4n) is 2.00. The number of rotatable bonds is 7. The summed E-state index contributed by atoms with van der Waals surface area (Å²) >= 11 is 0. The van der Waals surface area contributed by atoms with Gasteiger partial charge in [-0.25, -0.2) is 9.55 Å². The van der Waals surface area contributed by atoms with Gasteiger partial charge in [0.2, 0.25) is 0 Å². The number of methoxy groups -OCH3 is 1. The summed E-state index contributed by atoms with van der Waals surface area (Å²) in [6.07, 6.45) is 1.93. The minimum absolute atomic E-state index is 0.0793. The molecular weight excluding hydrogens is 290 g/mol. The Labute approximate surface area is 126 Å². The number of nitro groups is 1. The van der Waals surface area contributed by atoms with E-state index in [0.717, 1.165) is 0 Å². The Balaban J connectivity index is 2.07. The third kappa shape index (κ3) is 3.22. The SMILES string of the molecule is COc1cc(C=O)ccc1OCCn1c([N+](=O)[O-])cnc1C. The Hall–Kier alpha value is -2.90. The first-order chi connectivity index (χ1) is 10.6. The number of nitrogens with zero attached hydrogens (tertiary/aromatic N) is 3. The van der Waals surface area contributed by atoms with Gasteiger partial charge in [-0.2, -0.15) is 0 Å². The third-order valence-corrected chi connectivity index (χ3v) is 3.12. The summed E-state index contributed by atoms with van der Waals surface area (Å²) in [6, 6.07) is 4.79. The maximum Gasteiger partial charge on any atom is 0.342 e. The van der Waals surface area contributed by atoms with Gasteiger partial charge < -0.3 is 19.6 Å². The number of aryl methyl sites for hydroxylation is 1. The monoisotopic (exact) mass is 305 g/mol. The van der Waals surface area contributed by atoms with Gasteiger partial charge in [-0.05, 0) is 23.1 Å². The van der Waals surface area contributed by atoms with Crippen LogP contribution < -0.4 is 9.47 Å². The van der Waals surface area contributed by atoms with E-state index in [1.165, 1.54) is 17.9 Å². The molecule has 0 aliphatic carbocycles. The van der Waals surface area contributed by atoms with Gasteiger partial charge in [0.25, 0.3) is 0 Å². The lowest BCUT2D eigenvalue weighted by molar-refractivity contribution is -0.392. The number of carbonyl (C=O) groups excluding carboxylic acids is 1. The third-order valence-electron chi connectivity index (χ3n) is 3.12. The molecular formula is C14H15N3O5. The van der Waals surface area contributed by atoms with E-state index in [4.69, 9.17) is 9.47 Å². The number of benzene rings is 1. The summed E-state index contributed by atoms with van der Waals surface area (Å²) in [5.74, 6) is 1.36. The number of hydrogen-bond donors (Lipinski definition) is 0. The summed E-state index contributed by atoms with van der Waals surface area (Å²) in [7, 11) is 1.47. The summed E-state index contributed by atoms with van der Waals surface area (Å²) in [6.45, 7) is 2.17. The molecule has 0 spiro atoms. The van der Waals surface area contributed by atoms with Gasteiger partial charge in [0.15, 0.2) is 17.3 Å². The zero-order chi connectivity index (χ0) is 16.1. The van der Waals surface area contributed by atoms with Crippen molar-refractivity contribution in [2.75, 3.05) is 13.7 Å². The highest BCUT2D eigenvalue weighted by molar-refractivity contribution is 5.76. The molecule has 0 unspecified atom stereocenters. The van der Waals surface area contributed by atoms with E-state index in [2.05, 4.69) is 4.98 Å². The molecule has 8 nitrogen and oxygen atoms in total. The molecule has 0 saturated carbocycles. The van der Waals surface area contributed by atoms with Crippen LogP contribution in [0.2, 0.25) is 0 Å². The number of imidazole rings is 1. The number of aldehydes is 1. The number of ether oxygens (including phenoxy) is 2. The summed E-state index contributed by atoms with van der Waals surface area (Å²) in [5.41, 5.74) is 0.477. The van der Waals surface area contributed by atoms with Crippen LogP contribution in [0.1, 0.15) is 16.2 Å². The second kappa shape index (κ2) is 6.70. The standard InChI is InChI=1S/C14H15N3O5/c1-10-15-8-14(17(19)20)16(10)5-6-22-12-4-3-11(9-18)7-13(12)21-2/h3-4,7-9H,5-6H2,1-2H3. The molecule has 1 aromatic heterocycles. The molecule has 8 heteroatoms. The van der Waals surface area contributed by atoms with E-state index in [1.807, 2.05) is 0 Å². The molecule has 2 aromatic rings. The topological polar surface area (TPSA) is 96.5 Å². The summed E-state index contributed by atoms with van der Waals surface area (Å²) in [4.78, 5) is 25.0. The van der Waals surface area contributed by atoms with Gasteiger partial charge in [0.05, 0.1) is 7.11 Å². The Morgan fingerprint density at radius 2 is 2.18 bits per heavy atom. The highest BCUT2D eigenvalue weighted by atomic mass is 16.6. The lowest BCUT2D eigenvalue weighted by Crippen LogP contribution is -2.12. The Morgan fingerprint density at radius 3 is 2.82 bits per heavy atom. The number of carbonyl (C=O) groups is 1. The molecule has 0 aliphatic heterocycles. The fourth-order valence-corrected chi connectivity index (χ4v) is 2.00. The zero-order valence-corrected chi connectivity index (χ0v) is 12.2. The maximum absolute atomic E-state index is 10.9. The van der Waals surface area contributed by atoms with Crippen LogP contribution in [0, 0.1) is 17.0 Å². The second-order valence-corrected chi connectivity index (χ2v) is 4.45. The molecule has 116 valence electrons. The molecule has 0 atom stereocenters. The van der Waals surface area contributed by atoms with E-state index in [0.29, 0.717) is 29.2 Å². The van der Waals surface area contributed by atoms with E-state index in [9.17, 15) is 14.9 Å². The second-order valence-electron chi connectivity index (χ2n) is 4.45. The quantitative estimate of drug-likeness (QED) is 0.441. The molecule has 1 heterocycles. The van der Waals surface area contributed by atoms with E-state index < -0.39 is 4.92 Å². The molecule has 0 aliphatic rings. The minimum Gasteiger partial charge on any atom is -0.493 e. The highest BCUT2D eigenvalue weighted by Gasteiger charge is 2.17. The van der Waals surface area contributed by atoms with Gasteiger partial charge in [-0.1, -0.05) is 0 Å². The lowest BCUT2D eigenvalue weighted by Gasteiger charge is -2.10. The van der Waals surface area contributed by atoms with Crippen LogP contribution in [0.25, 0.3) is 0 Å². The van der Waals surface area contributed by atoms with Gasteiger partial charge in [0.1, 0.15) is 25.6 Å². The van der Waals surface area contributed by atoms with Gasteiger partial charge >= 0.3 is 5.82 Å². The van der Waals surface area contributed by atoms with Crippen LogP contribution in [-0.2, 0) is 6.54 Å². The van der Waals surface area contributed by atoms with E-state index in [-0.39, 0.29) is 19.0 Å². The van der Waals surface area contributed by atoms with E-state index in [1.54, 1.807) is 25.1 Å². The van der Waals surface area contributed by atoms with Crippen molar-refractivity contribution in [2.24, 2.45) is 0 Å². The lowest BCUT2D eigenvalue weighted by atomic mass is 10.2. The van der Waals surface area contributed by atoms with Crippen molar-refractivity contribution >= 4 is 12.1 Å². The average molecular weight is 305 g/mol. The first kappa shape index (κ1) is 15.5. The summed E-state index contributed by atoms with van der Waals surface area (Å²) < 4.78 is 12.2. The van der Waals surface area contributed by atoms with Crippen LogP contribution in [0.15, 0.2) is 24.4 Å².